The van der Waals surface area contributed by atoms with Crippen LogP contribution in [0.4, 0.5) is 13.2 Å². The molecule has 0 spiro atoms. The number of H-pyrrole nitrogens is 1. The first-order chi connectivity index (χ1) is 9.46. The molecule has 0 aliphatic rings. The lowest BCUT2D eigenvalue weighted by Gasteiger charge is -2.09. The van der Waals surface area contributed by atoms with Gasteiger partial charge in [0.2, 0.25) is 0 Å². The lowest BCUT2D eigenvalue weighted by Crippen LogP contribution is -2.24. The van der Waals surface area contributed by atoms with Crippen LogP contribution < -0.4 is 5.32 Å². The molecule has 106 valence electrons. The molecule has 5 nitrogen and oxygen atoms in total. The van der Waals surface area contributed by atoms with Crippen molar-refractivity contribution in [3.63, 3.8) is 0 Å². The zero-order valence-corrected chi connectivity index (χ0v) is 10.8. The van der Waals surface area contributed by atoms with Crippen LogP contribution >= 0.6 is 11.8 Å². The van der Waals surface area contributed by atoms with Gasteiger partial charge in [-0.05, 0) is 18.2 Å². The number of carbonyl (C=O) groups excluding carboxylic acids is 1. The third-order valence-corrected chi connectivity index (χ3v) is 2.98. The van der Waals surface area contributed by atoms with E-state index in [1.807, 2.05) is 0 Å². The molecule has 0 atom stereocenters. The van der Waals surface area contributed by atoms with Gasteiger partial charge >= 0.3 is 5.51 Å². The Morgan fingerprint density at radius 3 is 2.80 bits per heavy atom. The maximum absolute atomic E-state index is 12.4. The summed E-state index contributed by atoms with van der Waals surface area (Å²) in [4.78, 5) is 15.5. The van der Waals surface area contributed by atoms with Gasteiger partial charge in [-0.15, -0.1) is 0 Å². The van der Waals surface area contributed by atoms with Gasteiger partial charge in [-0.1, -0.05) is 0 Å². The SMILES string of the molecule is O=C(NCc1ccn[nH]1)c1cccnc1SC(F)(F)F. The highest BCUT2D eigenvalue weighted by Gasteiger charge is 2.32. The number of carbonyl (C=O) groups is 1. The molecule has 9 heteroatoms. The zero-order chi connectivity index (χ0) is 14.6. The van der Waals surface area contributed by atoms with Crippen molar-refractivity contribution in [3.8, 4) is 0 Å². The lowest BCUT2D eigenvalue weighted by atomic mass is 10.2. The minimum atomic E-state index is -4.49. The summed E-state index contributed by atoms with van der Waals surface area (Å²) in [7, 11) is 0. The van der Waals surface area contributed by atoms with Crippen LogP contribution in [0.25, 0.3) is 0 Å². The largest absolute Gasteiger partial charge is 0.447 e. The van der Waals surface area contributed by atoms with Crippen molar-refractivity contribution in [1.29, 1.82) is 0 Å². The van der Waals surface area contributed by atoms with Gasteiger partial charge in [-0.2, -0.15) is 18.3 Å². The van der Waals surface area contributed by atoms with Crippen molar-refractivity contribution in [2.75, 3.05) is 0 Å². The fourth-order valence-corrected chi connectivity index (χ4v) is 2.01. The molecule has 0 bridgehead atoms. The number of halogens is 3. The second-order valence-corrected chi connectivity index (χ2v) is 4.72. The quantitative estimate of drug-likeness (QED) is 0.851. The van der Waals surface area contributed by atoms with Crippen molar-refractivity contribution < 1.29 is 18.0 Å². The van der Waals surface area contributed by atoms with Crippen LogP contribution in [0, 0.1) is 0 Å². The first-order valence-corrected chi connectivity index (χ1v) is 6.24. The van der Waals surface area contributed by atoms with E-state index in [1.54, 1.807) is 6.07 Å². The van der Waals surface area contributed by atoms with Gasteiger partial charge in [0, 0.05) is 24.2 Å². The maximum atomic E-state index is 12.4. The van der Waals surface area contributed by atoms with Gasteiger partial charge in [0.25, 0.3) is 5.91 Å². The molecule has 20 heavy (non-hydrogen) atoms. The molecule has 0 saturated heterocycles. The summed E-state index contributed by atoms with van der Waals surface area (Å²) >= 11 is -0.413. The second kappa shape index (κ2) is 5.95. The van der Waals surface area contributed by atoms with Crippen LogP contribution in [0.15, 0.2) is 35.6 Å². The number of aromatic amines is 1. The monoisotopic (exact) mass is 302 g/mol. The summed E-state index contributed by atoms with van der Waals surface area (Å²) in [6, 6.07) is 4.35. The Balaban J connectivity index is 2.09. The van der Waals surface area contributed by atoms with Crippen LogP contribution in [0.5, 0.6) is 0 Å². The van der Waals surface area contributed by atoms with E-state index in [1.165, 1.54) is 24.5 Å². The van der Waals surface area contributed by atoms with Gasteiger partial charge in [-0.25, -0.2) is 4.98 Å². The Labute approximate surface area is 116 Å². The molecular weight excluding hydrogens is 293 g/mol. The molecule has 0 saturated carbocycles. The number of nitrogens with zero attached hydrogens (tertiary/aromatic N) is 2. The van der Waals surface area contributed by atoms with Crippen molar-refractivity contribution in [2.45, 2.75) is 17.1 Å². The molecule has 0 aromatic carbocycles. The van der Waals surface area contributed by atoms with Crippen LogP contribution in [0.1, 0.15) is 16.1 Å². The minimum Gasteiger partial charge on any atom is -0.346 e. The van der Waals surface area contributed by atoms with E-state index >= 15 is 0 Å². The second-order valence-electron chi connectivity index (χ2n) is 3.67. The number of hydrogen-bond acceptors (Lipinski definition) is 4. The molecule has 2 aromatic rings. The average molecular weight is 302 g/mol. The number of aromatic nitrogens is 3. The standard InChI is InChI=1S/C11H9F3N4OS/c12-11(13,14)20-10-8(2-1-4-15-10)9(19)16-6-7-3-5-17-18-7/h1-5H,6H2,(H,16,19)(H,17,18). The Bertz CT molecular complexity index is 586. The van der Waals surface area contributed by atoms with E-state index < -0.39 is 23.2 Å². The van der Waals surface area contributed by atoms with Gasteiger partial charge in [0.05, 0.1) is 17.8 Å². The number of nitrogens with one attached hydrogen (secondary N) is 2. The topological polar surface area (TPSA) is 70.7 Å². The Morgan fingerprint density at radius 1 is 1.35 bits per heavy atom. The van der Waals surface area contributed by atoms with Crippen LogP contribution in [-0.4, -0.2) is 26.6 Å². The first-order valence-electron chi connectivity index (χ1n) is 5.43. The minimum absolute atomic E-state index is 0.116. The number of pyridine rings is 1. The lowest BCUT2D eigenvalue weighted by molar-refractivity contribution is -0.0329. The summed E-state index contributed by atoms with van der Waals surface area (Å²) in [6.07, 6.45) is 2.72. The van der Waals surface area contributed by atoms with E-state index in [0.29, 0.717) is 5.69 Å². The fourth-order valence-electron chi connectivity index (χ4n) is 1.41. The van der Waals surface area contributed by atoms with Crippen LogP contribution in [-0.2, 0) is 6.54 Å². The van der Waals surface area contributed by atoms with E-state index in [9.17, 15) is 18.0 Å². The normalized spacial score (nSPS) is 11.3. The highest BCUT2D eigenvalue weighted by atomic mass is 32.2. The van der Waals surface area contributed by atoms with Gasteiger partial charge in [0.15, 0.2) is 0 Å². The number of hydrogen-bond donors (Lipinski definition) is 2. The van der Waals surface area contributed by atoms with Crippen molar-refractivity contribution >= 4 is 17.7 Å². The molecular formula is C11H9F3N4OS. The zero-order valence-electron chi connectivity index (χ0n) is 9.94. The fraction of sp³-hybridized carbons (Fsp3) is 0.182. The van der Waals surface area contributed by atoms with E-state index in [4.69, 9.17) is 0 Å². The van der Waals surface area contributed by atoms with Crippen LogP contribution in [0.2, 0.25) is 0 Å². The molecule has 2 rings (SSSR count). The predicted octanol–water partition coefficient (Wildman–Crippen LogP) is 2.35. The third kappa shape index (κ3) is 3.98. The molecule has 0 radical (unpaired) electrons. The number of rotatable bonds is 4. The number of amides is 1. The van der Waals surface area contributed by atoms with E-state index in [-0.39, 0.29) is 17.1 Å². The summed E-state index contributed by atoms with van der Waals surface area (Å²) < 4.78 is 37.1. The predicted molar refractivity (Wildman–Crippen MR) is 65.9 cm³/mol. The summed E-state index contributed by atoms with van der Waals surface area (Å²) in [6.45, 7) is 0.143. The Morgan fingerprint density at radius 2 is 2.15 bits per heavy atom. The van der Waals surface area contributed by atoms with E-state index in [0.717, 1.165) is 0 Å². The summed E-state index contributed by atoms with van der Waals surface area (Å²) in [5.41, 5.74) is -3.96. The van der Waals surface area contributed by atoms with Crippen molar-refractivity contribution in [3.05, 3.63) is 41.9 Å². The molecule has 2 aromatic heterocycles. The van der Waals surface area contributed by atoms with Gasteiger partial charge in [0.1, 0.15) is 5.03 Å². The number of thioether (sulfide) groups is 1. The molecule has 0 aliphatic carbocycles. The summed E-state index contributed by atoms with van der Waals surface area (Å²) in [5, 5.41) is 8.45. The third-order valence-electron chi connectivity index (χ3n) is 2.23. The molecule has 1 amide bonds. The molecule has 0 aliphatic heterocycles. The highest BCUT2D eigenvalue weighted by Crippen LogP contribution is 2.37. The molecule has 0 fully saturated rings. The Hall–Kier alpha value is -2.03. The smallest absolute Gasteiger partial charge is 0.346 e. The first kappa shape index (κ1) is 14.4. The highest BCUT2D eigenvalue weighted by molar-refractivity contribution is 8.00. The molecule has 2 heterocycles. The van der Waals surface area contributed by atoms with Crippen LogP contribution in [0.3, 0.4) is 0 Å². The maximum Gasteiger partial charge on any atom is 0.447 e. The molecule has 0 unspecified atom stereocenters. The summed E-state index contributed by atoms with van der Waals surface area (Å²) in [5.74, 6) is -0.626. The van der Waals surface area contributed by atoms with Gasteiger partial charge < -0.3 is 5.32 Å². The van der Waals surface area contributed by atoms with Crippen molar-refractivity contribution in [1.82, 2.24) is 20.5 Å². The average Bonchev–Trinajstić information content (AvgIpc) is 2.88. The van der Waals surface area contributed by atoms with Gasteiger partial charge in [-0.3, -0.25) is 9.89 Å². The van der Waals surface area contributed by atoms with E-state index in [2.05, 4.69) is 20.5 Å². The number of alkyl halides is 3. The molecule has 2 N–H and O–H groups in total. The van der Waals surface area contributed by atoms with Crippen molar-refractivity contribution in [2.24, 2.45) is 0 Å². The Kier molecular flexibility index (Phi) is 4.28.